The topological polar surface area (TPSA) is 64.0 Å². The molecule has 140 valence electrons. The maximum Gasteiger partial charge on any atom is 0.265 e. The zero-order chi connectivity index (χ0) is 19.4. The van der Waals surface area contributed by atoms with Gasteiger partial charge < -0.3 is 5.32 Å². The zero-order valence-electron chi connectivity index (χ0n) is 16.0. The Kier molecular flexibility index (Phi) is 5.69. The number of nitrogens with one attached hydrogen (secondary N) is 1. The van der Waals surface area contributed by atoms with Gasteiger partial charge in [0.05, 0.1) is 16.6 Å². The number of fused-ring (bicyclic) bond motifs is 1. The lowest BCUT2D eigenvalue weighted by Crippen LogP contribution is -2.22. The number of hydrogen-bond acceptors (Lipinski definition) is 3. The molecule has 0 bridgehead atoms. The molecule has 0 saturated heterocycles. The molecule has 3 aromatic rings. The molecule has 0 fully saturated rings. The van der Waals surface area contributed by atoms with Gasteiger partial charge in [-0.15, -0.1) is 0 Å². The van der Waals surface area contributed by atoms with Gasteiger partial charge in [0.2, 0.25) is 5.91 Å². The van der Waals surface area contributed by atoms with Gasteiger partial charge in [-0.05, 0) is 49.7 Å². The van der Waals surface area contributed by atoms with Gasteiger partial charge in [-0.2, -0.15) is 0 Å². The number of para-hydroxylation sites is 1. The molecule has 0 saturated carbocycles. The predicted molar refractivity (Wildman–Crippen MR) is 109 cm³/mol. The molecule has 0 aliphatic heterocycles. The Bertz CT molecular complexity index is 1010. The standard InChI is InChI=1S/C22H25N3O2/c1-4-5-8-15(2)21(26)24-17-11-13-18(14-12-17)25-16(3)23-20-10-7-6-9-19(20)22(25)27/h6-7,9-15H,4-5,8H2,1-3H3,(H,24,26)/t15-/m1/s1. The van der Waals surface area contributed by atoms with Gasteiger partial charge in [0.25, 0.3) is 5.56 Å². The highest BCUT2D eigenvalue weighted by Gasteiger charge is 2.13. The van der Waals surface area contributed by atoms with Crippen molar-refractivity contribution in [3.8, 4) is 5.69 Å². The second kappa shape index (κ2) is 8.16. The van der Waals surface area contributed by atoms with E-state index in [0.29, 0.717) is 16.7 Å². The molecule has 1 aromatic heterocycles. The summed E-state index contributed by atoms with van der Waals surface area (Å²) in [6.07, 6.45) is 3.02. The number of anilines is 1. The average molecular weight is 363 g/mol. The fraction of sp³-hybridized carbons (Fsp3) is 0.318. The van der Waals surface area contributed by atoms with E-state index < -0.39 is 0 Å². The van der Waals surface area contributed by atoms with Crippen LogP contribution in [0.4, 0.5) is 5.69 Å². The lowest BCUT2D eigenvalue weighted by Gasteiger charge is -2.13. The number of hydrogen-bond donors (Lipinski definition) is 1. The minimum absolute atomic E-state index is 0.0146. The minimum Gasteiger partial charge on any atom is -0.326 e. The van der Waals surface area contributed by atoms with Crippen LogP contribution in [0.1, 0.15) is 38.9 Å². The smallest absolute Gasteiger partial charge is 0.265 e. The van der Waals surface area contributed by atoms with E-state index in [1.807, 2.05) is 56.3 Å². The average Bonchev–Trinajstić information content (AvgIpc) is 2.67. The highest BCUT2D eigenvalue weighted by atomic mass is 16.2. The SMILES string of the molecule is CCCC[C@@H](C)C(=O)Nc1ccc(-n2c(C)nc3ccccc3c2=O)cc1. The van der Waals surface area contributed by atoms with E-state index in [-0.39, 0.29) is 17.4 Å². The Morgan fingerprint density at radius 2 is 1.85 bits per heavy atom. The molecule has 0 spiro atoms. The lowest BCUT2D eigenvalue weighted by molar-refractivity contribution is -0.119. The van der Waals surface area contributed by atoms with Crippen molar-refractivity contribution >= 4 is 22.5 Å². The molecule has 1 N–H and O–H groups in total. The van der Waals surface area contributed by atoms with Crippen LogP contribution in [0.5, 0.6) is 0 Å². The number of carbonyl (C=O) groups excluding carboxylic acids is 1. The third-order valence-electron chi connectivity index (χ3n) is 4.77. The number of rotatable bonds is 6. The van der Waals surface area contributed by atoms with Crippen molar-refractivity contribution in [2.24, 2.45) is 5.92 Å². The number of unbranched alkanes of at least 4 members (excludes halogenated alkanes) is 1. The Morgan fingerprint density at radius 3 is 2.56 bits per heavy atom. The molecule has 1 amide bonds. The Labute approximate surface area is 159 Å². The molecule has 1 atom stereocenters. The van der Waals surface area contributed by atoms with Crippen LogP contribution in [-0.2, 0) is 4.79 Å². The summed E-state index contributed by atoms with van der Waals surface area (Å²) in [4.78, 5) is 29.6. The van der Waals surface area contributed by atoms with Gasteiger partial charge in [-0.1, -0.05) is 38.8 Å². The molecule has 5 nitrogen and oxygen atoms in total. The highest BCUT2D eigenvalue weighted by Crippen LogP contribution is 2.17. The number of aromatic nitrogens is 2. The number of amides is 1. The maximum atomic E-state index is 12.9. The van der Waals surface area contributed by atoms with Gasteiger partial charge in [0.1, 0.15) is 5.82 Å². The number of benzene rings is 2. The molecular formula is C22H25N3O2. The molecular weight excluding hydrogens is 338 g/mol. The number of nitrogens with zero attached hydrogens (tertiary/aromatic N) is 2. The molecule has 0 unspecified atom stereocenters. The fourth-order valence-corrected chi connectivity index (χ4v) is 3.15. The quantitative estimate of drug-likeness (QED) is 0.703. The molecule has 0 radical (unpaired) electrons. The molecule has 1 heterocycles. The summed E-state index contributed by atoms with van der Waals surface area (Å²) >= 11 is 0. The predicted octanol–water partition coefficient (Wildman–Crippen LogP) is 4.46. The van der Waals surface area contributed by atoms with Crippen molar-refractivity contribution in [2.45, 2.75) is 40.0 Å². The van der Waals surface area contributed by atoms with Crippen LogP contribution in [0.3, 0.4) is 0 Å². The van der Waals surface area contributed by atoms with Crippen LogP contribution < -0.4 is 10.9 Å². The van der Waals surface area contributed by atoms with Crippen molar-refractivity contribution < 1.29 is 4.79 Å². The van der Waals surface area contributed by atoms with Crippen molar-refractivity contribution in [2.75, 3.05) is 5.32 Å². The molecule has 0 aliphatic rings. The normalized spacial score (nSPS) is 12.1. The summed E-state index contributed by atoms with van der Waals surface area (Å²) in [5, 5.41) is 3.53. The van der Waals surface area contributed by atoms with Crippen molar-refractivity contribution in [1.82, 2.24) is 9.55 Å². The largest absolute Gasteiger partial charge is 0.326 e. The van der Waals surface area contributed by atoms with Crippen molar-refractivity contribution in [3.05, 3.63) is 64.7 Å². The first-order valence-electron chi connectivity index (χ1n) is 9.41. The van der Waals surface area contributed by atoms with E-state index in [9.17, 15) is 9.59 Å². The summed E-state index contributed by atoms with van der Waals surface area (Å²) in [7, 11) is 0. The number of carbonyl (C=O) groups is 1. The Balaban J connectivity index is 1.85. The molecule has 27 heavy (non-hydrogen) atoms. The molecule has 5 heteroatoms. The third-order valence-corrected chi connectivity index (χ3v) is 4.77. The van der Waals surface area contributed by atoms with Crippen LogP contribution in [0.2, 0.25) is 0 Å². The second-order valence-corrected chi connectivity index (χ2v) is 6.90. The summed E-state index contributed by atoms with van der Waals surface area (Å²) in [5.74, 6) is 0.639. The third kappa shape index (κ3) is 4.08. The number of aryl methyl sites for hydroxylation is 1. The van der Waals surface area contributed by atoms with Crippen LogP contribution in [-0.4, -0.2) is 15.5 Å². The van der Waals surface area contributed by atoms with E-state index in [4.69, 9.17) is 0 Å². The summed E-state index contributed by atoms with van der Waals surface area (Å²) in [6, 6.07) is 14.6. The van der Waals surface area contributed by atoms with Crippen LogP contribution in [0, 0.1) is 12.8 Å². The van der Waals surface area contributed by atoms with Crippen molar-refractivity contribution in [3.63, 3.8) is 0 Å². The first-order chi connectivity index (χ1) is 13.0. The summed E-state index contributed by atoms with van der Waals surface area (Å²) in [5.41, 5.74) is 2.06. The zero-order valence-corrected chi connectivity index (χ0v) is 16.0. The monoisotopic (exact) mass is 363 g/mol. The van der Waals surface area contributed by atoms with Gasteiger partial charge >= 0.3 is 0 Å². The maximum absolute atomic E-state index is 12.9. The van der Waals surface area contributed by atoms with E-state index >= 15 is 0 Å². The second-order valence-electron chi connectivity index (χ2n) is 6.90. The lowest BCUT2D eigenvalue weighted by atomic mass is 10.0. The van der Waals surface area contributed by atoms with Gasteiger partial charge in [-0.3, -0.25) is 14.2 Å². The Morgan fingerprint density at radius 1 is 1.15 bits per heavy atom. The van der Waals surface area contributed by atoms with Crippen LogP contribution in [0.25, 0.3) is 16.6 Å². The van der Waals surface area contributed by atoms with Gasteiger partial charge in [0, 0.05) is 11.6 Å². The van der Waals surface area contributed by atoms with E-state index in [1.54, 1.807) is 10.6 Å². The molecule has 3 rings (SSSR count). The fourth-order valence-electron chi connectivity index (χ4n) is 3.15. The molecule has 0 aliphatic carbocycles. The van der Waals surface area contributed by atoms with Crippen LogP contribution in [0.15, 0.2) is 53.3 Å². The van der Waals surface area contributed by atoms with E-state index in [2.05, 4.69) is 17.2 Å². The van der Waals surface area contributed by atoms with E-state index in [1.165, 1.54) is 0 Å². The van der Waals surface area contributed by atoms with Gasteiger partial charge in [-0.25, -0.2) is 4.98 Å². The molecule has 2 aromatic carbocycles. The highest BCUT2D eigenvalue weighted by molar-refractivity contribution is 5.92. The van der Waals surface area contributed by atoms with Gasteiger partial charge in [0.15, 0.2) is 0 Å². The first kappa shape index (κ1) is 18.8. The Hall–Kier alpha value is -2.95. The summed E-state index contributed by atoms with van der Waals surface area (Å²) in [6.45, 7) is 5.89. The van der Waals surface area contributed by atoms with Crippen LogP contribution >= 0.6 is 0 Å². The first-order valence-corrected chi connectivity index (χ1v) is 9.41. The van der Waals surface area contributed by atoms with Crippen molar-refractivity contribution in [1.29, 1.82) is 0 Å². The summed E-state index contributed by atoms with van der Waals surface area (Å²) < 4.78 is 1.60. The minimum atomic E-state index is -0.0944. The van der Waals surface area contributed by atoms with E-state index in [0.717, 1.165) is 30.6 Å².